The van der Waals surface area contributed by atoms with Gasteiger partial charge in [0.05, 0.1) is 12.4 Å². The fraction of sp³-hybridized carbons (Fsp3) is 0.500. The molecule has 0 aliphatic heterocycles. The number of rotatable bonds is 9. The molecule has 1 unspecified atom stereocenters. The summed E-state index contributed by atoms with van der Waals surface area (Å²) in [5.74, 6) is 0.415. The predicted octanol–water partition coefficient (Wildman–Crippen LogP) is 4.89. The number of nitrogens with one attached hydrogen (secondary N) is 2. The van der Waals surface area contributed by atoms with Crippen molar-refractivity contribution in [2.75, 3.05) is 30.7 Å². The molecule has 37 heavy (non-hydrogen) atoms. The first-order valence-corrected chi connectivity index (χ1v) is 13.1. The lowest BCUT2D eigenvalue weighted by Crippen LogP contribution is -2.36. The lowest BCUT2D eigenvalue weighted by molar-refractivity contribution is 0.232. The Kier molecular flexibility index (Phi) is 8.12. The van der Waals surface area contributed by atoms with Gasteiger partial charge < -0.3 is 20.9 Å². The number of anilines is 2. The van der Waals surface area contributed by atoms with E-state index in [0.717, 1.165) is 43.7 Å². The minimum atomic E-state index is -0.169. The lowest BCUT2D eigenvalue weighted by atomic mass is 9.87. The summed E-state index contributed by atoms with van der Waals surface area (Å²) in [7, 11) is 0. The third-order valence-corrected chi connectivity index (χ3v) is 6.99. The molecule has 4 N–H and O–H groups in total. The van der Waals surface area contributed by atoms with Gasteiger partial charge in [0.15, 0.2) is 11.5 Å². The molecule has 2 heterocycles. The van der Waals surface area contributed by atoms with E-state index in [4.69, 9.17) is 5.73 Å². The number of hydrogen-bond donors (Lipinski definition) is 3. The van der Waals surface area contributed by atoms with Crippen LogP contribution in [0.15, 0.2) is 48.6 Å². The van der Waals surface area contributed by atoms with Crippen LogP contribution in [0.25, 0.3) is 11.2 Å². The Morgan fingerprint density at radius 2 is 1.95 bits per heavy atom. The molecule has 0 bridgehead atoms. The molecule has 2 amide bonds. The molecule has 2 aromatic heterocycles. The van der Waals surface area contributed by atoms with Crippen LogP contribution in [0, 0.1) is 0 Å². The van der Waals surface area contributed by atoms with Crippen LogP contribution in [0.2, 0.25) is 0 Å². The summed E-state index contributed by atoms with van der Waals surface area (Å²) in [5.41, 5.74) is 11.0. The van der Waals surface area contributed by atoms with Gasteiger partial charge in [0.25, 0.3) is 0 Å². The monoisotopic (exact) mass is 504 g/mol. The molecular weight excluding hydrogens is 464 g/mol. The van der Waals surface area contributed by atoms with Crippen LogP contribution in [0.4, 0.5) is 16.3 Å². The van der Waals surface area contributed by atoms with Gasteiger partial charge in [-0.2, -0.15) is 0 Å². The molecule has 0 fully saturated rings. The van der Waals surface area contributed by atoms with E-state index in [1.807, 2.05) is 18.5 Å². The van der Waals surface area contributed by atoms with Crippen LogP contribution >= 0.6 is 0 Å². The summed E-state index contributed by atoms with van der Waals surface area (Å²) in [6.07, 6.45) is 8.60. The van der Waals surface area contributed by atoms with Gasteiger partial charge in [-0.15, -0.1) is 0 Å². The van der Waals surface area contributed by atoms with Gasteiger partial charge in [0.2, 0.25) is 0 Å². The van der Waals surface area contributed by atoms with Crippen molar-refractivity contribution in [1.82, 2.24) is 29.7 Å². The van der Waals surface area contributed by atoms with Crippen molar-refractivity contribution >= 4 is 28.7 Å². The van der Waals surface area contributed by atoms with E-state index in [1.165, 1.54) is 17.5 Å². The Labute approximate surface area is 219 Å². The number of nitrogen functional groups attached to an aromatic ring is 1. The molecular formula is C28H40N8O. The lowest BCUT2D eigenvalue weighted by Gasteiger charge is -2.27. The van der Waals surface area contributed by atoms with Gasteiger partial charge in [0.1, 0.15) is 11.8 Å². The van der Waals surface area contributed by atoms with Crippen molar-refractivity contribution in [1.29, 1.82) is 0 Å². The van der Waals surface area contributed by atoms with Crippen LogP contribution in [-0.4, -0.2) is 56.1 Å². The fourth-order valence-corrected chi connectivity index (χ4v) is 4.73. The SMILES string of the molecule is CC(C)N(CCCNC(=O)Nc1ccc(C(C)(C)C)cc1)CC1=CC(n2cnc3c(N)ncnc32)CC1. The van der Waals surface area contributed by atoms with Crippen LogP contribution in [0.5, 0.6) is 0 Å². The Morgan fingerprint density at radius 1 is 1.19 bits per heavy atom. The molecule has 1 aliphatic carbocycles. The molecule has 0 saturated heterocycles. The number of urea groups is 1. The number of hydrogen-bond acceptors (Lipinski definition) is 6. The largest absolute Gasteiger partial charge is 0.382 e. The molecule has 0 spiro atoms. The maximum absolute atomic E-state index is 12.3. The van der Waals surface area contributed by atoms with Gasteiger partial charge >= 0.3 is 6.03 Å². The highest BCUT2D eigenvalue weighted by Crippen LogP contribution is 2.31. The quantitative estimate of drug-likeness (QED) is 0.282. The summed E-state index contributed by atoms with van der Waals surface area (Å²) >= 11 is 0. The molecule has 1 aromatic carbocycles. The van der Waals surface area contributed by atoms with Crippen LogP contribution < -0.4 is 16.4 Å². The maximum atomic E-state index is 12.3. The summed E-state index contributed by atoms with van der Waals surface area (Å²) in [4.78, 5) is 27.7. The minimum absolute atomic E-state index is 0.0931. The molecule has 4 rings (SSSR count). The molecule has 9 nitrogen and oxygen atoms in total. The number of allylic oxidation sites excluding steroid dienone is 1. The Hall–Kier alpha value is -3.46. The van der Waals surface area contributed by atoms with E-state index in [9.17, 15) is 4.79 Å². The highest BCUT2D eigenvalue weighted by Gasteiger charge is 2.22. The predicted molar refractivity (Wildman–Crippen MR) is 150 cm³/mol. The molecule has 0 saturated carbocycles. The van der Waals surface area contributed by atoms with Gasteiger partial charge in [-0.05, 0) is 56.2 Å². The second-order valence-corrected chi connectivity index (χ2v) is 11.1. The third-order valence-electron chi connectivity index (χ3n) is 6.99. The van der Waals surface area contributed by atoms with E-state index in [-0.39, 0.29) is 17.5 Å². The first-order valence-electron chi connectivity index (χ1n) is 13.1. The number of imidazole rings is 1. The van der Waals surface area contributed by atoms with Gasteiger partial charge in [-0.1, -0.05) is 44.6 Å². The van der Waals surface area contributed by atoms with Crippen molar-refractivity contribution in [3.63, 3.8) is 0 Å². The normalized spacial score (nSPS) is 16.0. The smallest absolute Gasteiger partial charge is 0.319 e. The van der Waals surface area contributed by atoms with E-state index in [1.54, 1.807) is 0 Å². The zero-order valence-electron chi connectivity index (χ0n) is 22.7. The molecule has 1 atom stereocenters. The average molecular weight is 505 g/mol. The Balaban J connectivity index is 1.25. The number of nitrogens with zero attached hydrogens (tertiary/aromatic N) is 5. The highest BCUT2D eigenvalue weighted by molar-refractivity contribution is 5.89. The first-order chi connectivity index (χ1) is 17.6. The van der Waals surface area contributed by atoms with E-state index >= 15 is 0 Å². The van der Waals surface area contributed by atoms with Crippen molar-refractivity contribution < 1.29 is 4.79 Å². The number of carbonyl (C=O) groups is 1. The molecule has 9 heteroatoms. The Morgan fingerprint density at radius 3 is 2.65 bits per heavy atom. The second-order valence-electron chi connectivity index (χ2n) is 11.1. The summed E-state index contributed by atoms with van der Waals surface area (Å²) < 4.78 is 2.10. The van der Waals surface area contributed by atoms with Crippen LogP contribution in [0.3, 0.4) is 0 Å². The molecule has 198 valence electrons. The fourth-order valence-electron chi connectivity index (χ4n) is 4.73. The second kappa shape index (κ2) is 11.3. The standard InChI is InChI=1S/C28H40N8O/c1-19(2)35(14-6-13-30-27(37)34-22-10-8-21(9-11-22)28(3,4)5)16-20-7-12-23(15-20)36-18-33-24-25(29)31-17-32-26(24)36/h8-11,15,17-19,23H,6-7,12-14,16H2,1-5H3,(H2,29,31,32)(H2,30,34,37). The van der Waals surface area contributed by atoms with Gasteiger partial charge in [-0.25, -0.2) is 19.7 Å². The number of carbonyl (C=O) groups excluding carboxylic acids is 1. The van der Waals surface area contributed by atoms with E-state index in [0.29, 0.717) is 23.9 Å². The summed E-state index contributed by atoms with van der Waals surface area (Å²) in [6.45, 7) is 13.4. The minimum Gasteiger partial charge on any atom is -0.382 e. The van der Waals surface area contributed by atoms with Crippen LogP contribution in [-0.2, 0) is 5.41 Å². The van der Waals surface area contributed by atoms with Crippen LogP contribution in [0.1, 0.15) is 65.5 Å². The Bertz CT molecular complexity index is 1240. The number of nitrogens with two attached hydrogens (primary N) is 1. The summed E-state index contributed by atoms with van der Waals surface area (Å²) in [5, 5.41) is 5.91. The van der Waals surface area contributed by atoms with E-state index < -0.39 is 0 Å². The van der Waals surface area contributed by atoms with Crippen molar-refractivity contribution in [3.05, 3.63) is 54.1 Å². The molecule has 3 aromatic rings. The van der Waals surface area contributed by atoms with Gasteiger partial charge in [-0.3, -0.25) is 4.90 Å². The first kappa shape index (κ1) is 26.6. The summed E-state index contributed by atoms with van der Waals surface area (Å²) in [6, 6.07) is 8.52. The van der Waals surface area contributed by atoms with Gasteiger partial charge in [0, 0.05) is 31.4 Å². The highest BCUT2D eigenvalue weighted by atomic mass is 16.2. The average Bonchev–Trinajstić information content (AvgIpc) is 3.48. The van der Waals surface area contributed by atoms with Crippen molar-refractivity contribution in [2.45, 2.75) is 71.4 Å². The molecule has 0 radical (unpaired) electrons. The van der Waals surface area contributed by atoms with E-state index in [2.05, 4.69) is 87.9 Å². The topological polar surface area (TPSA) is 114 Å². The zero-order chi connectivity index (χ0) is 26.6. The zero-order valence-corrected chi connectivity index (χ0v) is 22.7. The van der Waals surface area contributed by atoms with Crippen molar-refractivity contribution in [3.8, 4) is 0 Å². The third kappa shape index (κ3) is 6.65. The molecule has 1 aliphatic rings. The van der Waals surface area contributed by atoms with Crippen molar-refractivity contribution in [2.24, 2.45) is 0 Å². The number of fused-ring (bicyclic) bond motifs is 1. The number of benzene rings is 1. The maximum Gasteiger partial charge on any atom is 0.319 e. The number of amides is 2. The number of aromatic nitrogens is 4.